The number of nitrogens with two attached hydrogens (primary N) is 1. The standard InChI is InChI=1S/C11H18N2O3S2/c1-9-8-16-7-6-13(9)18(14,15)11-3-2-10(17-11)4-5-12/h2-3,9H,4-8,12H2,1H3. The van der Waals surface area contributed by atoms with E-state index in [9.17, 15) is 8.42 Å². The Balaban J connectivity index is 2.23. The van der Waals surface area contributed by atoms with Gasteiger partial charge in [-0.25, -0.2) is 8.42 Å². The lowest BCUT2D eigenvalue weighted by Gasteiger charge is -2.31. The van der Waals surface area contributed by atoms with Gasteiger partial charge in [-0.1, -0.05) is 0 Å². The summed E-state index contributed by atoms with van der Waals surface area (Å²) in [5.41, 5.74) is 5.47. The quantitative estimate of drug-likeness (QED) is 0.884. The Hall–Kier alpha value is -0.470. The Morgan fingerprint density at radius 1 is 1.56 bits per heavy atom. The second-order valence-electron chi connectivity index (χ2n) is 4.30. The predicted molar refractivity (Wildman–Crippen MR) is 71.3 cm³/mol. The monoisotopic (exact) mass is 290 g/mol. The molecule has 1 atom stereocenters. The van der Waals surface area contributed by atoms with Crippen LogP contribution in [0.15, 0.2) is 16.3 Å². The molecule has 1 aliphatic rings. The molecule has 0 bridgehead atoms. The fourth-order valence-electron chi connectivity index (χ4n) is 1.96. The fraction of sp³-hybridized carbons (Fsp3) is 0.636. The third kappa shape index (κ3) is 2.75. The van der Waals surface area contributed by atoms with Crippen LogP contribution in [0.5, 0.6) is 0 Å². The lowest BCUT2D eigenvalue weighted by molar-refractivity contribution is 0.0393. The highest BCUT2D eigenvalue weighted by Crippen LogP contribution is 2.27. The molecule has 1 aromatic heterocycles. The maximum Gasteiger partial charge on any atom is 0.252 e. The number of nitrogens with zero attached hydrogens (tertiary/aromatic N) is 1. The highest BCUT2D eigenvalue weighted by molar-refractivity contribution is 7.91. The van der Waals surface area contributed by atoms with Crippen LogP contribution >= 0.6 is 11.3 Å². The van der Waals surface area contributed by atoms with E-state index in [1.807, 2.05) is 13.0 Å². The van der Waals surface area contributed by atoms with Gasteiger partial charge in [0.2, 0.25) is 0 Å². The van der Waals surface area contributed by atoms with Crippen LogP contribution in [0, 0.1) is 0 Å². The van der Waals surface area contributed by atoms with E-state index in [2.05, 4.69) is 0 Å². The van der Waals surface area contributed by atoms with E-state index in [0.717, 1.165) is 11.3 Å². The Morgan fingerprint density at radius 2 is 2.33 bits per heavy atom. The maximum atomic E-state index is 12.5. The van der Waals surface area contributed by atoms with Crippen molar-refractivity contribution in [3.05, 3.63) is 17.0 Å². The molecule has 0 aromatic carbocycles. The molecule has 1 aliphatic heterocycles. The van der Waals surface area contributed by atoms with Crippen molar-refractivity contribution < 1.29 is 13.2 Å². The van der Waals surface area contributed by atoms with Gasteiger partial charge in [0.25, 0.3) is 10.0 Å². The van der Waals surface area contributed by atoms with E-state index in [1.165, 1.54) is 15.6 Å². The number of morpholine rings is 1. The summed E-state index contributed by atoms with van der Waals surface area (Å²) in [6.07, 6.45) is 0.721. The molecule has 102 valence electrons. The van der Waals surface area contributed by atoms with Crippen molar-refractivity contribution in [1.29, 1.82) is 0 Å². The van der Waals surface area contributed by atoms with Gasteiger partial charge in [0.05, 0.1) is 13.2 Å². The number of rotatable bonds is 4. The average molecular weight is 290 g/mol. The van der Waals surface area contributed by atoms with Gasteiger partial charge in [-0.3, -0.25) is 0 Å². The minimum Gasteiger partial charge on any atom is -0.378 e. The summed E-state index contributed by atoms with van der Waals surface area (Å²) >= 11 is 1.31. The minimum atomic E-state index is -3.38. The second kappa shape index (κ2) is 5.66. The Bertz CT molecular complexity index is 498. The molecule has 0 radical (unpaired) electrons. The first-order valence-corrected chi connectivity index (χ1v) is 8.19. The fourth-order valence-corrected chi connectivity index (χ4v) is 5.06. The Labute approximate surface area is 112 Å². The van der Waals surface area contributed by atoms with Crippen LogP contribution in [0.1, 0.15) is 11.8 Å². The molecule has 5 nitrogen and oxygen atoms in total. The summed E-state index contributed by atoms with van der Waals surface area (Å²) < 4.78 is 32.1. The number of sulfonamides is 1. The van der Waals surface area contributed by atoms with Crippen LogP contribution in [0.2, 0.25) is 0 Å². The van der Waals surface area contributed by atoms with Gasteiger partial charge < -0.3 is 10.5 Å². The zero-order chi connectivity index (χ0) is 13.2. The van der Waals surface area contributed by atoms with Gasteiger partial charge in [-0.05, 0) is 32.0 Å². The van der Waals surface area contributed by atoms with Crippen LogP contribution in [0.25, 0.3) is 0 Å². The first-order chi connectivity index (χ1) is 8.55. The Morgan fingerprint density at radius 3 is 3.00 bits per heavy atom. The molecule has 1 unspecified atom stereocenters. The third-order valence-electron chi connectivity index (χ3n) is 2.90. The van der Waals surface area contributed by atoms with Crippen molar-refractivity contribution in [2.75, 3.05) is 26.3 Å². The lowest BCUT2D eigenvalue weighted by Crippen LogP contribution is -2.46. The van der Waals surface area contributed by atoms with E-state index in [1.54, 1.807) is 6.07 Å². The van der Waals surface area contributed by atoms with E-state index < -0.39 is 10.0 Å². The van der Waals surface area contributed by atoms with Gasteiger partial charge in [-0.2, -0.15) is 4.31 Å². The molecular formula is C11H18N2O3S2. The first kappa shape index (κ1) is 14.0. The maximum absolute atomic E-state index is 12.5. The highest BCUT2D eigenvalue weighted by Gasteiger charge is 2.32. The van der Waals surface area contributed by atoms with Crippen molar-refractivity contribution in [2.24, 2.45) is 5.73 Å². The number of thiophene rings is 1. The number of ether oxygens (including phenoxy) is 1. The van der Waals surface area contributed by atoms with Crippen molar-refractivity contribution in [1.82, 2.24) is 4.31 Å². The van der Waals surface area contributed by atoms with Gasteiger partial charge >= 0.3 is 0 Å². The molecule has 0 saturated carbocycles. The van der Waals surface area contributed by atoms with E-state index >= 15 is 0 Å². The molecule has 18 heavy (non-hydrogen) atoms. The first-order valence-electron chi connectivity index (χ1n) is 5.94. The van der Waals surface area contributed by atoms with Crippen LogP contribution in [-0.2, 0) is 21.2 Å². The number of hydrogen-bond acceptors (Lipinski definition) is 5. The normalized spacial score (nSPS) is 22.2. The molecule has 7 heteroatoms. The van der Waals surface area contributed by atoms with E-state index in [-0.39, 0.29) is 6.04 Å². The zero-order valence-electron chi connectivity index (χ0n) is 10.3. The molecule has 1 saturated heterocycles. The van der Waals surface area contributed by atoms with Crippen molar-refractivity contribution >= 4 is 21.4 Å². The van der Waals surface area contributed by atoms with Gasteiger partial charge in [-0.15, -0.1) is 11.3 Å². The van der Waals surface area contributed by atoms with Crippen molar-refractivity contribution in [3.8, 4) is 0 Å². The summed E-state index contributed by atoms with van der Waals surface area (Å²) in [5, 5.41) is 0. The Kier molecular flexibility index (Phi) is 4.39. The SMILES string of the molecule is CC1COCCN1S(=O)(=O)c1ccc(CCN)s1. The van der Waals surface area contributed by atoms with Gasteiger partial charge in [0, 0.05) is 17.5 Å². The van der Waals surface area contributed by atoms with Crippen molar-refractivity contribution in [2.45, 2.75) is 23.6 Å². The summed E-state index contributed by atoms with van der Waals surface area (Å²) in [4.78, 5) is 1.01. The summed E-state index contributed by atoms with van der Waals surface area (Å²) in [6, 6.07) is 3.41. The predicted octanol–water partition coefficient (Wildman–Crippen LogP) is 0.659. The minimum absolute atomic E-state index is 0.108. The third-order valence-corrected chi connectivity index (χ3v) is 6.52. The van der Waals surface area contributed by atoms with E-state index in [0.29, 0.717) is 30.5 Å². The average Bonchev–Trinajstić information content (AvgIpc) is 2.79. The zero-order valence-corrected chi connectivity index (χ0v) is 12.0. The highest BCUT2D eigenvalue weighted by atomic mass is 32.2. The molecule has 0 aliphatic carbocycles. The summed E-state index contributed by atoms with van der Waals surface area (Å²) in [5.74, 6) is 0. The molecule has 0 spiro atoms. The summed E-state index contributed by atoms with van der Waals surface area (Å²) in [7, 11) is -3.38. The van der Waals surface area contributed by atoms with Crippen LogP contribution in [-0.4, -0.2) is 45.1 Å². The summed E-state index contributed by atoms with van der Waals surface area (Å²) in [6.45, 7) is 3.75. The second-order valence-corrected chi connectivity index (χ2v) is 7.58. The lowest BCUT2D eigenvalue weighted by atomic mass is 10.3. The topological polar surface area (TPSA) is 72.6 Å². The number of hydrogen-bond donors (Lipinski definition) is 1. The van der Waals surface area contributed by atoms with Crippen molar-refractivity contribution in [3.63, 3.8) is 0 Å². The molecular weight excluding hydrogens is 272 g/mol. The molecule has 0 amide bonds. The van der Waals surface area contributed by atoms with Gasteiger partial charge in [0.1, 0.15) is 4.21 Å². The van der Waals surface area contributed by atoms with E-state index in [4.69, 9.17) is 10.5 Å². The molecule has 1 aromatic rings. The molecule has 2 N–H and O–H groups in total. The molecule has 2 heterocycles. The van der Waals surface area contributed by atoms with Crippen LogP contribution in [0.3, 0.4) is 0 Å². The van der Waals surface area contributed by atoms with Gasteiger partial charge in [0.15, 0.2) is 0 Å². The van der Waals surface area contributed by atoms with Crippen LogP contribution in [0.4, 0.5) is 0 Å². The largest absolute Gasteiger partial charge is 0.378 e. The smallest absolute Gasteiger partial charge is 0.252 e. The van der Waals surface area contributed by atoms with Crippen LogP contribution < -0.4 is 5.73 Å². The molecule has 2 rings (SSSR count). The molecule has 1 fully saturated rings.